The average molecular weight is 1290 g/mol. The van der Waals surface area contributed by atoms with Crippen LogP contribution in [0.4, 0.5) is 4.79 Å². The molecule has 1 aromatic heterocycles. The summed E-state index contributed by atoms with van der Waals surface area (Å²) in [4.78, 5) is 146. The average Bonchev–Trinajstić information content (AvgIpc) is 1.57. The number of carbonyl (C=O) groups excluding carboxylic acids is 9. The molecule has 0 aliphatic heterocycles. The molecule has 92 heavy (non-hydrogen) atoms. The van der Waals surface area contributed by atoms with E-state index in [0.717, 1.165) is 16.5 Å². The fraction of sp³-hybridized carbons (Fsp3) is 0.609. The Balaban J connectivity index is 1.52. The van der Waals surface area contributed by atoms with Crippen LogP contribution in [-0.4, -0.2) is 141 Å². The first-order chi connectivity index (χ1) is 42.8. The molecule has 0 spiro atoms. The number of aromatic nitrogens is 1. The van der Waals surface area contributed by atoms with Gasteiger partial charge in [-0.3, -0.25) is 43.2 Å². The molecular weight excluding hydrogens is 1180 g/mol. The van der Waals surface area contributed by atoms with Crippen LogP contribution in [0.3, 0.4) is 0 Å². The zero-order chi connectivity index (χ0) is 69.6. The van der Waals surface area contributed by atoms with Gasteiger partial charge in [0.1, 0.15) is 30.1 Å². The highest BCUT2D eigenvalue weighted by molar-refractivity contribution is 5.97. The molecule has 2 aromatic carbocycles. The van der Waals surface area contributed by atoms with E-state index < -0.39 is 112 Å². The third-order valence-electron chi connectivity index (χ3n) is 16.5. The summed E-state index contributed by atoms with van der Waals surface area (Å²) in [5.74, 6) is -8.72. The number of para-hydroxylation sites is 1. The Labute approximate surface area is 542 Å². The van der Waals surface area contributed by atoms with Gasteiger partial charge in [0.25, 0.3) is 0 Å². The van der Waals surface area contributed by atoms with Crippen molar-refractivity contribution in [2.75, 3.05) is 20.6 Å². The first-order valence-corrected chi connectivity index (χ1v) is 31.9. The van der Waals surface area contributed by atoms with Crippen LogP contribution in [0.1, 0.15) is 177 Å². The number of carboxylic acids is 2. The second-order valence-electron chi connectivity index (χ2n) is 27.5. The van der Waals surface area contributed by atoms with Gasteiger partial charge in [0.2, 0.25) is 23.6 Å². The fourth-order valence-corrected chi connectivity index (χ4v) is 11.1. The molecule has 3 rings (SSSR count). The molecule has 0 aliphatic rings. The Morgan fingerprint density at radius 2 is 1.33 bits per heavy atom. The molecule has 0 fully saturated rings. The number of amides is 6. The lowest BCUT2D eigenvalue weighted by Crippen LogP contribution is -2.61. The van der Waals surface area contributed by atoms with E-state index in [-0.39, 0.29) is 93.6 Å². The third-order valence-corrected chi connectivity index (χ3v) is 16.5. The minimum absolute atomic E-state index is 0.0462. The normalized spacial score (nSPS) is 14.4. The van der Waals surface area contributed by atoms with E-state index in [1.165, 1.54) is 11.8 Å². The van der Waals surface area contributed by atoms with Gasteiger partial charge in [-0.1, -0.05) is 124 Å². The first-order valence-electron chi connectivity index (χ1n) is 31.9. The standard InChI is InChI=1S/C69H104N8O15/c1-41(2)49(38-57(81)92-68(9,10)11)61(83)73-51(25-22-34-72-66(70)90)55(79)36-44-28-30-45(31-29-44)40-91-56(80)27-19-17-18-23-46(64(86)87)37-47(78)32-33-52(65(88)89)74-60(82)43(5)35-54(42(3)4)77(16)63(85)59(67(6,7)8)75-62(84)58(71-14)69(12,13)50-39-76(15)53-26-21-20-24-48(50)53/h20-21,24,26,28-31,35,39,41-42,46,49,51-52,54,58-59,71H,17-19,22-23,25,27,32-34,36-38,40H2,1-16H3,(H,73,83)(H,74,82)(H,75,84)(H,86,87)(H,88,89)(H3,70,72,90)/b43-35+/t46-,49-,51-,52+,54+,58+,59+/m0/s1. The first kappa shape index (κ1) is 78.3. The molecule has 0 saturated carbocycles. The van der Waals surface area contributed by atoms with Gasteiger partial charge in [-0.25, -0.2) is 9.59 Å². The van der Waals surface area contributed by atoms with Crippen LogP contribution in [-0.2, 0) is 82.9 Å². The van der Waals surface area contributed by atoms with Crippen molar-refractivity contribution in [1.82, 2.24) is 36.1 Å². The lowest BCUT2D eigenvalue weighted by Gasteiger charge is -2.39. The quantitative estimate of drug-likeness (QED) is 0.0154. The summed E-state index contributed by atoms with van der Waals surface area (Å²) in [6.07, 6.45) is 4.29. The number of carboxylic acid groups (broad SMARTS) is 2. The lowest BCUT2D eigenvalue weighted by molar-refractivity contribution is -0.158. The number of aryl methyl sites for hydroxylation is 1. The molecule has 0 bridgehead atoms. The topological polar surface area (TPSA) is 341 Å². The van der Waals surface area contributed by atoms with Crippen LogP contribution >= 0.6 is 0 Å². The number of primary amides is 1. The monoisotopic (exact) mass is 1280 g/mol. The molecule has 1 heterocycles. The predicted molar refractivity (Wildman–Crippen MR) is 350 cm³/mol. The van der Waals surface area contributed by atoms with Crippen molar-refractivity contribution in [2.24, 2.45) is 41.9 Å². The van der Waals surface area contributed by atoms with Gasteiger partial charge in [0.05, 0.1) is 36.4 Å². The molecule has 0 unspecified atom stereocenters. The maximum atomic E-state index is 14.5. The van der Waals surface area contributed by atoms with E-state index >= 15 is 0 Å². The maximum absolute atomic E-state index is 14.5. The van der Waals surface area contributed by atoms with Crippen LogP contribution in [0.25, 0.3) is 10.9 Å². The van der Waals surface area contributed by atoms with Gasteiger partial charge >= 0.3 is 29.9 Å². The Hall–Kier alpha value is -7.95. The fourth-order valence-electron chi connectivity index (χ4n) is 11.1. The van der Waals surface area contributed by atoms with Crippen molar-refractivity contribution in [3.05, 3.63) is 83.1 Å². The molecule has 3 aromatic rings. The lowest BCUT2D eigenvalue weighted by atomic mass is 9.76. The Bertz CT molecular complexity index is 3080. The minimum atomic E-state index is -1.50. The number of likely N-dealkylation sites (N-methyl/N-ethyl adjacent to an activating group) is 2. The molecule has 6 amide bonds. The summed E-state index contributed by atoms with van der Waals surface area (Å²) in [5, 5.41) is 35.1. The van der Waals surface area contributed by atoms with Gasteiger partial charge < -0.3 is 61.5 Å². The number of hydrogen-bond acceptors (Lipinski definition) is 14. The number of Topliss-reactive ketones (excluding diaryl/α,β-unsaturated/α-hetero) is 2. The number of nitrogens with zero attached hydrogens (tertiary/aromatic N) is 2. The number of esters is 2. The highest BCUT2D eigenvalue weighted by atomic mass is 16.6. The largest absolute Gasteiger partial charge is 0.481 e. The van der Waals surface area contributed by atoms with Crippen molar-refractivity contribution in [2.45, 2.75) is 215 Å². The highest BCUT2D eigenvalue weighted by Crippen LogP contribution is 2.35. The molecule has 9 N–H and O–H groups in total. The maximum Gasteiger partial charge on any atom is 0.326 e. The van der Waals surface area contributed by atoms with E-state index in [9.17, 15) is 63.0 Å². The Morgan fingerprint density at radius 1 is 0.696 bits per heavy atom. The number of rotatable bonds is 38. The summed E-state index contributed by atoms with van der Waals surface area (Å²) < 4.78 is 12.9. The number of urea groups is 1. The highest BCUT2D eigenvalue weighted by Gasteiger charge is 2.43. The van der Waals surface area contributed by atoms with Crippen LogP contribution in [0.2, 0.25) is 0 Å². The van der Waals surface area contributed by atoms with Gasteiger partial charge in [-0.2, -0.15) is 0 Å². The van der Waals surface area contributed by atoms with E-state index in [2.05, 4.69) is 26.6 Å². The van der Waals surface area contributed by atoms with Crippen molar-refractivity contribution < 1.29 is 72.4 Å². The minimum Gasteiger partial charge on any atom is -0.481 e. The number of hydrogen-bond donors (Lipinski definition) is 8. The second kappa shape index (κ2) is 35.8. The zero-order valence-electron chi connectivity index (χ0n) is 57.0. The summed E-state index contributed by atoms with van der Waals surface area (Å²) in [5.41, 5.74) is 6.34. The number of nitrogens with two attached hydrogens (primary N) is 1. The Morgan fingerprint density at radius 3 is 1.89 bits per heavy atom. The van der Waals surface area contributed by atoms with Crippen LogP contribution in [0.5, 0.6) is 0 Å². The van der Waals surface area contributed by atoms with E-state index in [1.807, 2.05) is 90.5 Å². The molecule has 0 radical (unpaired) electrons. The van der Waals surface area contributed by atoms with Crippen molar-refractivity contribution in [3.8, 4) is 0 Å². The number of carbonyl (C=O) groups is 11. The molecular formula is C69H104N8O15. The van der Waals surface area contributed by atoms with E-state index in [1.54, 1.807) is 79.1 Å². The van der Waals surface area contributed by atoms with Gasteiger partial charge in [-0.15, -0.1) is 0 Å². The smallest absolute Gasteiger partial charge is 0.326 e. The SMILES string of the molecule is CN[C@H](C(=O)N[C@H](C(=O)N(C)[C@H](/C=C(\C)C(=O)N[C@H](CCC(=O)C[C@H](CCCCCC(=O)OCc1ccc(CC(=O)[C@H](CCCNC(N)=O)NC(=O)[C@@H](CC(=O)OC(C)(C)C)C(C)C)cc1)C(=O)O)C(=O)O)C(C)C)C(C)(C)C)C(C)(C)c1cn(C)c2ccccc12. The van der Waals surface area contributed by atoms with Crippen molar-refractivity contribution in [3.63, 3.8) is 0 Å². The molecule has 7 atom stereocenters. The molecule has 0 aliphatic carbocycles. The van der Waals surface area contributed by atoms with E-state index in [0.29, 0.717) is 36.8 Å². The molecule has 0 saturated heterocycles. The Kier molecular flexibility index (Phi) is 30.4. The van der Waals surface area contributed by atoms with Crippen LogP contribution in [0.15, 0.2) is 66.4 Å². The van der Waals surface area contributed by atoms with Gasteiger partial charge in [-0.05, 0) is 107 Å². The summed E-state index contributed by atoms with van der Waals surface area (Å²) >= 11 is 0. The van der Waals surface area contributed by atoms with Crippen LogP contribution < -0.4 is 32.3 Å². The number of nitrogens with one attached hydrogen (secondary N) is 5. The second-order valence-corrected chi connectivity index (χ2v) is 27.5. The summed E-state index contributed by atoms with van der Waals surface area (Å²) in [6, 6.07) is 9.20. The third kappa shape index (κ3) is 24.9. The van der Waals surface area contributed by atoms with Gasteiger partial charge in [0, 0.05) is 74.4 Å². The summed E-state index contributed by atoms with van der Waals surface area (Å²) in [7, 11) is 5.25. The van der Waals surface area contributed by atoms with E-state index in [4.69, 9.17) is 15.2 Å². The number of unbranched alkanes of at least 4 members (excludes halogenated alkanes) is 2. The number of aliphatic carboxylic acids is 2. The number of fused-ring (bicyclic) bond motifs is 1. The number of ketones is 2. The van der Waals surface area contributed by atoms with Crippen molar-refractivity contribution >= 4 is 76.0 Å². The number of benzene rings is 2. The summed E-state index contributed by atoms with van der Waals surface area (Å²) in [6.45, 7) is 23.6. The predicted octanol–water partition coefficient (Wildman–Crippen LogP) is 7.76. The van der Waals surface area contributed by atoms with Crippen LogP contribution in [0, 0.1) is 29.1 Å². The molecule has 23 nitrogen and oxygen atoms in total. The molecule has 23 heteroatoms. The molecule has 510 valence electrons. The number of ether oxygens (including phenoxy) is 2. The van der Waals surface area contributed by atoms with Gasteiger partial charge in [0.15, 0.2) is 5.78 Å². The van der Waals surface area contributed by atoms with Crippen molar-refractivity contribution in [1.29, 1.82) is 0 Å². The zero-order valence-corrected chi connectivity index (χ0v) is 57.0.